The standard InChI is InChI=1S/C21H18N4O4/c1-24(2)20(27)13-6-5-7-14(10-13)23-17(26)11-25-12-22-18-15-8-3-4-9-16(15)29-19(18)21(25)28/h3-10,12H,11H2,1-2H3,(H,23,26). The molecule has 1 N–H and O–H groups in total. The van der Waals surface area contributed by atoms with Crippen molar-refractivity contribution in [2.45, 2.75) is 6.54 Å². The van der Waals surface area contributed by atoms with E-state index in [0.717, 1.165) is 5.39 Å². The fraction of sp³-hybridized carbons (Fsp3) is 0.143. The lowest BCUT2D eigenvalue weighted by molar-refractivity contribution is -0.116. The van der Waals surface area contributed by atoms with Gasteiger partial charge < -0.3 is 14.6 Å². The Morgan fingerprint density at radius 2 is 1.93 bits per heavy atom. The molecule has 8 heteroatoms. The predicted molar refractivity (Wildman–Crippen MR) is 109 cm³/mol. The number of anilines is 1. The van der Waals surface area contributed by atoms with Crippen molar-refractivity contribution in [1.29, 1.82) is 0 Å². The summed E-state index contributed by atoms with van der Waals surface area (Å²) in [5.41, 5.74) is 1.63. The molecule has 2 aromatic heterocycles. The van der Waals surface area contributed by atoms with Gasteiger partial charge in [-0.25, -0.2) is 4.98 Å². The van der Waals surface area contributed by atoms with Crippen molar-refractivity contribution >= 4 is 39.6 Å². The van der Waals surface area contributed by atoms with Crippen molar-refractivity contribution < 1.29 is 14.0 Å². The Balaban J connectivity index is 1.57. The molecule has 0 fully saturated rings. The molecule has 2 aromatic carbocycles. The maximum absolute atomic E-state index is 12.7. The minimum absolute atomic E-state index is 0.111. The Morgan fingerprint density at radius 3 is 2.72 bits per heavy atom. The third-order valence-electron chi connectivity index (χ3n) is 4.46. The number of benzene rings is 2. The smallest absolute Gasteiger partial charge is 0.297 e. The van der Waals surface area contributed by atoms with Crippen LogP contribution in [0.2, 0.25) is 0 Å². The van der Waals surface area contributed by atoms with Crippen LogP contribution in [-0.4, -0.2) is 40.4 Å². The molecular formula is C21H18N4O4. The largest absolute Gasteiger partial charge is 0.448 e. The van der Waals surface area contributed by atoms with Crippen LogP contribution in [0.15, 0.2) is 64.1 Å². The fourth-order valence-corrected chi connectivity index (χ4v) is 3.07. The number of rotatable bonds is 4. The average molecular weight is 390 g/mol. The molecule has 2 heterocycles. The van der Waals surface area contributed by atoms with Crippen LogP contribution in [0.5, 0.6) is 0 Å². The molecule has 0 saturated carbocycles. The summed E-state index contributed by atoms with van der Waals surface area (Å²) in [7, 11) is 3.31. The molecule has 0 spiro atoms. The number of amides is 2. The average Bonchev–Trinajstić information content (AvgIpc) is 3.09. The normalized spacial score (nSPS) is 11.0. The first-order valence-electron chi connectivity index (χ1n) is 8.92. The van der Waals surface area contributed by atoms with Gasteiger partial charge in [-0.3, -0.25) is 19.0 Å². The Morgan fingerprint density at radius 1 is 1.14 bits per heavy atom. The van der Waals surface area contributed by atoms with Crippen molar-refractivity contribution in [2.24, 2.45) is 0 Å². The van der Waals surface area contributed by atoms with Crippen molar-refractivity contribution in [3.05, 3.63) is 70.8 Å². The molecule has 0 atom stereocenters. The SMILES string of the molecule is CN(C)C(=O)c1cccc(NC(=O)Cn2cnc3c(oc4ccccc43)c2=O)c1. The van der Waals surface area contributed by atoms with E-state index in [1.807, 2.05) is 18.2 Å². The molecule has 0 aliphatic heterocycles. The summed E-state index contributed by atoms with van der Waals surface area (Å²) in [6.07, 6.45) is 1.33. The fourth-order valence-electron chi connectivity index (χ4n) is 3.07. The number of para-hydroxylation sites is 1. The summed E-state index contributed by atoms with van der Waals surface area (Å²) >= 11 is 0. The summed E-state index contributed by atoms with van der Waals surface area (Å²) < 4.78 is 6.81. The number of hydrogen-bond donors (Lipinski definition) is 1. The predicted octanol–water partition coefficient (Wildman–Crippen LogP) is 2.48. The van der Waals surface area contributed by atoms with Crippen LogP contribution >= 0.6 is 0 Å². The van der Waals surface area contributed by atoms with E-state index in [-0.39, 0.29) is 18.0 Å². The second-order valence-electron chi connectivity index (χ2n) is 6.78. The van der Waals surface area contributed by atoms with E-state index in [1.54, 1.807) is 44.4 Å². The van der Waals surface area contributed by atoms with Crippen molar-refractivity contribution in [2.75, 3.05) is 19.4 Å². The lowest BCUT2D eigenvalue weighted by Gasteiger charge is -2.12. The Labute approximate surface area is 165 Å². The molecule has 0 aliphatic carbocycles. The van der Waals surface area contributed by atoms with E-state index in [2.05, 4.69) is 10.3 Å². The maximum atomic E-state index is 12.7. The molecule has 4 aromatic rings. The third kappa shape index (κ3) is 3.47. The highest BCUT2D eigenvalue weighted by molar-refractivity contribution is 6.02. The van der Waals surface area contributed by atoms with Crippen molar-refractivity contribution in [3.8, 4) is 0 Å². The maximum Gasteiger partial charge on any atom is 0.297 e. The van der Waals surface area contributed by atoms with Gasteiger partial charge in [-0.2, -0.15) is 0 Å². The number of fused-ring (bicyclic) bond motifs is 3. The lowest BCUT2D eigenvalue weighted by Crippen LogP contribution is -2.27. The first kappa shape index (κ1) is 18.4. The molecule has 8 nitrogen and oxygen atoms in total. The summed E-state index contributed by atoms with van der Waals surface area (Å²) in [5.74, 6) is -0.587. The number of furan rings is 1. The van der Waals surface area contributed by atoms with E-state index < -0.39 is 11.5 Å². The summed E-state index contributed by atoms with van der Waals surface area (Å²) in [6.45, 7) is -0.231. The van der Waals surface area contributed by atoms with Gasteiger partial charge in [-0.1, -0.05) is 18.2 Å². The molecule has 0 radical (unpaired) electrons. The zero-order valence-corrected chi connectivity index (χ0v) is 15.9. The molecular weight excluding hydrogens is 372 g/mol. The zero-order chi connectivity index (χ0) is 20.5. The summed E-state index contributed by atoms with van der Waals surface area (Å²) in [5, 5.41) is 3.45. The molecule has 0 aliphatic rings. The van der Waals surface area contributed by atoms with Crippen LogP contribution in [-0.2, 0) is 11.3 Å². The molecule has 4 rings (SSSR count). The molecule has 0 bridgehead atoms. The first-order chi connectivity index (χ1) is 13.9. The van der Waals surface area contributed by atoms with Crippen LogP contribution in [0.3, 0.4) is 0 Å². The number of nitrogens with zero attached hydrogens (tertiary/aromatic N) is 3. The van der Waals surface area contributed by atoms with Gasteiger partial charge in [0.2, 0.25) is 11.5 Å². The van der Waals surface area contributed by atoms with Crippen LogP contribution in [0.1, 0.15) is 10.4 Å². The quantitative estimate of drug-likeness (QED) is 0.577. The van der Waals surface area contributed by atoms with E-state index in [0.29, 0.717) is 22.4 Å². The highest BCUT2D eigenvalue weighted by atomic mass is 16.3. The van der Waals surface area contributed by atoms with E-state index in [1.165, 1.54) is 15.8 Å². The van der Waals surface area contributed by atoms with Crippen molar-refractivity contribution in [3.63, 3.8) is 0 Å². The van der Waals surface area contributed by atoms with Crippen LogP contribution in [0, 0.1) is 0 Å². The van der Waals surface area contributed by atoms with Gasteiger partial charge in [-0.05, 0) is 30.3 Å². The molecule has 0 unspecified atom stereocenters. The molecule has 2 amide bonds. The third-order valence-corrected chi connectivity index (χ3v) is 4.46. The van der Waals surface area contributed by atoms with E-state index in [9.17, 15) is 14.4 Å². The number of nitrogens with one attached hydrogen (secondary N) is 1. The molecule has 146 valence electrons. The second kappa shape index (κ2) is 7.23. The van der Waals surface area contributed by atoms with Crippen LogP contribution in [0.25, 0.3) is 22.1 Å². The van der Waals surface area contributed by atoms with Gasteiger partial charge in [-0.15, -0.1) is 0 Å². The highest BCUT2D eigenvalue weighted by Crippen LogP contribution is 2.24. The van der Waals surface area contributed by atoms with Gasteiger partial charge in [0.15, 0.2) is 0 Å². The minimum Gasteiger partial charge on any atom is -0.448 e. The van der Waals surface area contributed by atoms with Gasteiger partial charge in [0, 0.05) is 30.7 Å². The zero-order valence-electron chi connectivity index (χ0n) is 15.9. The number of carbonyl (C=O) groups is 2. The molecule has 29 heavy (non-hydrogen) atoms. The Kier molecular flexibility index (Phi) is 4.59. The minimum atomic E-state index is -0.433. The van der Waals surface area contributed by atoms with E-state index in [4.69, 9.17) is 4.42 Å². The van der Waals surface area contributed by atoms with Gasteiger partial charge in [0.05, 0.1) is 6.33 Å². The Bertz CT molecular complexity index is 1300. The summed E-state index contributed by atoms with van der Waals surface area (Å²) in [4.78, 5) is 42.9. The molecule has 0 saturated heterocycles. The van der Waals surface area contributed by atoms with Gasteiger partial charge in [0.25, 0.3) is 11.5 Å². The summed E-state index contributed by atoms with van der Waals surface area (Å²) in [6, 6.07) is 13.8. The van der Waals surface area contributed by atoms with Gasteiger partial charge in [0.1, 0.15) is 17.6 Å². The van der Waals surface area contributed by atoms with Gasteiger partial charge >= 0.3 is 0 Å². The Hall–Kier alpha value is -3.94. The first-order valence-corrected chi connectivity index (χ1v) is 8.92. The monoisotopic (exact) mass is 390 g/mol. The number of aromatic nitrogens is 2. The van der Waals surface area contributed by atoms with Crippen LogP contribution in [0.4, 0.5) is 5.69 Å². The highest BCUT2D eigenvalue weighted by Gasteiger charge is 2.15. The number of hydrogen-bond acceptors (Lipinski definition) is 5. The van der Waals surface area contributed by atoms with Crippen molar-refractivity contribution in [1.82, 2.24) is 14.5 Å². The topological polar surface area (TPSA) is 97.4 Å². The van der Waals surface area contributed by atoms with E-state index >= 15 is 0 Å². The number of carbonyl (C=O) groups excluding carboxylic acids is 2. The lowest BCUT2D eigenvalue weighted by atomic mass is 10.2. The van der Waals surface area contributed by atoms with Crippen LogP contribution < -0.4 is 10.9 Å². The second-order valence-corrected chi connectivity index (χ2v) is 6.78.